The second-order valence-corrected chi connectivity index (χ2v) is 8.48. The van der Waals surface area contributed by atoms with Gasteiger partial charge in [0.1, 0.15) is 0 Å². The fourth-order valence-corrected chi connectivity index (χ4v) is 4.41. The Morgan fingerprint density at radius 3 is 2.19 bits per heavy atom. The van der Waals surface area contributed by atoms with Crippen LogP contribution in [0.5, 0.6) is 0 Å². The molecule has 0 N–H and O–H groups in total. The van der Waals surface area contributed by atoms with E-state index in [-0.39, 0.29) is 48.8 Å². The number of anilines is 1. The summed E-state index contributed by atoms with van der Waals surface area (Å²) in [5.41, 5.74) is 1.93. The summed E-state index contributed by atoms with van der Waals surface area (Å²) in [5.74, 6) is -0.665. The van der Waals surface area contributed by atoms with Crippen LogP contribution in [0.1, 0.15) is 37.7 Å². The van der Waals surface area contributed by atoms with Crippen LogP contribution in [0, 0.1) is 41.4 Å². The first kappa shape index (κ1) is 23.3. The predicted molar refractivity (Wildman–Crippen MR) is 118 cm³/mol. The van der Waals surface area contributed by atoms with Crippen LogP contribution >= 0.6 is 0 Å². The van der Waals surface area contributed by atoms with E-state index in [2.05, 4.69) is 0 Å². The van der Waals surface area contributed by atoms with E-state index < -0.39 is 0 Å². The molecule has 168 valence electrons. The number of nitrogens with zero attached hydrogens (tertiary/aromatic N) is 5. The highest BCUT2D eigenvalue weighted by atomic mass is 16.2. The van der Waals surface area contributed by atoms with Crippen LogP contribution in [0.3, 0.4) is 0 Å². The van der Waals surface area contributed by atoms with E-state index in [1.54, 1.807) is 14.7 Å². The molecule has 2 saturated heterocycles. The Hall–Kier alpha value is -3.39. The van der Waals surface area contributed by atoms with Gasteiger partial charge < -0.3 is 14.7 Å². The van der Waals surface area contributed by atoms with E-state index in [4.69, 9.17) is 10.5 Å². The molecule has 0 radical (unpaired) electrons. The van der Waals surface area contributed by atoms with E-state index in [0.717, 1.165) is 11.3 Å². The number of piperidine rings is 1. The van der Waals surface area contributed by atoms with Crippen LogP contribution in [0.15, 0.2) is 24.3 Å². The maximum Gasteiger partial charge on any atom is 0.228 e. The second-order valence-electron chi connectivity index (χ2n) is 8.48. The summed E-state index contributed by atoms with van der Waals surface area (Å²) in [7, 11) is 0. The summed E-state index contributed by atoms with van der Waals surface area (Å²) in [6.45, 7) is 3.99. The SMILES string of the molecule is Cc1ccc(N2CC(C(=O)N3CCC(C(=O)N(CCC#N)CCC#N)CC3)CC2=O)cc1. The third-order valence-corrected chi connectivity index (χ3v) is 6.27. The maximum absolute atomic E-state index is 13.0. The lowest BCUT2D eigenvalue weighted by molar-refractivity contribution is -0.142. The normalized spacial score (nSPS) is 18.8. The fraction of sp³-hybridized carbons (Fsp3) is 0.542. The highest BCUT2D eigenvalue weighted by molar-refractivity contribution is 6.00. The standard InChI is InChI=1S/C24H29N5O3/c1-18-4-6-21(7-5-18)29-17-20(16-22(29)30)24(32)28-14-8-19(9-15-28)23(31)27(12-2-10-25)13-3-11-26/h4-7,19-20H,2-3,8-9,12-17H2,1H3. The molecule has 8 heteroatoms. The maximum atomic E-state index is 13.0. The zero-order valence-corrected chi connectivity index (χ0v) is 18.5. The highest BCUT2D eigenvalue weighted by Gasteiger charge is 2.39. The number of nitriles is 2. The molecule has 3 amide bonds. The molecule has 2 aliphatic heterocycles. The number of carbonyl (C=O) groups is 3. The predicted octanol–water partition coefficient (Wildman–Crippen LogP) is 2.24. The van der Waals surface area contributed by atoms with E-state index in [1.807, 2.05) is 43.3 Å². The van der Waals surface area contributed by atoms with Crippen molar-refractivity contribution < 1.29 is 14.4 Å². The van der Waals surface area contributed by atoms with Crippen molar-refractivity contribution in [3.05, 3.63) is 29.8 Å². The van der Waals surface area contributed by atoms with E-state index in [1.165, 1.54) is 0 Å². The first-order valence-electron chi connectivity index (χ1n) is 11.1. The smallest absolute Gasteiger partial charge is 0.228 e. The summed E-state index contributed by atoms with van der Waals surface area (Å²) in [4.78, 5) is 43.5. The Kier molecular flexibility index (Phi) is 7.83. The molecule has 3 rings (SSSR count). The van der Waals surface area contributed by atoms with Gasteiger partial charge in [-0.15, -0.1) is 0 Å². The monoisotopic (exact) mass is 435 g/mol. The molecule has 1 unspecified atom stereocenters. The summed E-state index contributed by atoms with van der Waals surface area (Å²) in [5, 5.41) is 17.7. The molecule has 32 heavy (non-hydrogen) atoms. The van der Waals surface area contributed by atoms with Crippen LogP contribution in [0.2, 0.25) is 0 Å². The lowest BCUT2D eigenvalue weighted by atomic mass is 9.94. The minimum absolute atomic E-state index is 0.0234. The average molecular weight is 436 g/mol. The molecule has 1 aromatic carbocycles. The minimum atomic E-state index is -0.362. The number of amides is 3. The average Bonchev–Trinajstić information content (AvgIpc) is 3.20. The molecule has 0 saturated carbocycles. The van der Waals surface area contributed by atoms with E-state index in [9.17, 15) is 14.4 Å². The van der Waals surface area contributed by atoms with Crippen molar-refractivity contribution in [3.63, 3.8) is 0 Å². The Balaban J connectivity index is 1.54. The van der Waals surface area contributed by atoms with Gasteiger partial charge in [-0.2, -0.15) is 10.5 Å². The molecule has 0 spiro atoms. The molecular formula is C24H29N5O3. The third-order valence-electron chi connectivity index (χ3n) is 6.27. The van der Waals surface area contributed by atoms with Gasteiger partial charge in [-0.25, -0.2) is 0 Å². The molecule has 8 nitrogen and oxygen atoms in total. The van der Waals surface area contributed by atoms with Crippen molar-refractivity contribution in [3.8, 4) is 12.1 Å². The van der Waals surface area contributed by atoms with Gasteiger partial charge in [0, 0.05) is 50.7 Å². The number of benzene rings is 1. The first-order chi connectivity index (χ1) is 15.4. The summed E-state index contributed by atoms with van der Waals surface area (Å²) in [6.07, 6.45) is 1.80. The van der Waals surface area contributed by atoms with Crippen LogP contribution in [-0.2, 0) is 14.4 Å². The molecule has 2 heterocycles. The Morgan fingerprint density at radius 1 is 1.03 bits per heavy atom. The fourth-order valence-electron chi connectivity index (χ4n) is 4.41. The lowest BCUT2D eigenvalue weighted by Gasteiger charge is -2.35. The Bertz CT molecular complexity index is 904. The molecular weight excluding hydrogens is 406 g/mol. The topological polar surface area (TPSA) is 109 Å². The van der Waals surface area contributed by atoms with E-state index >= 15 is 0 Å². The van der Waals surface area contributed by atoms with Gasteiger partial charge in [-0.05, 0) is 31.9 Å². The van der Waals surface area contributed by atoms with E-state index in [0.29, 0.717) is 45.6 Å². The molecule has 0 aliphatic carbocycles. The number of hydrogen-bond acceptors (Lipinski definition) is 5. The molecule has 2 fully saturated rings. The van der Waals surface area contributed by atoms with Crippen LogP contribution in [0.4, 0.5) is 5.69 Å². The Labute approximate surface area is 189 Å². The van der Waals surface area contributed by atoms with Crippen LogP contribution < -0.4 is 4.90 Å². The molecule has 2 aliphatic rings. The quantitative estimate of drug-likeness (QED) is 0.653. The summed E-state index contributed by atoms with van der Waals surface area (Å²) >= 11 is 0. The van der Waals surface area contributed by atoms with Crippen molar-refractivity contribution in [2.75, 3.05) is 37.6 Å². The number of hydrogen-bond donors (Lipinski definition) is 0. The van der Waals surface area contributed by atoms with Crippen molar-refractivity contribution in [2.24, 2.45) is 11.8 Å². The lowest BCUT2D eigenvalue weighted by Crippen LogP contribution is -2.46. The molecule has 1 aromatic rings. The zero-order chi connectivity index (χ0) is 23.1. The molecule has 0 aromatic heterocycles. The highest BCUT2D eigenvalue weighted by Crippen LogP contribution is 2.28. The second kappa shape index (κ2) is 10.8. The number of likely N-dealkylation sites (tertiary alicyclic amines) is 1. The van der Waals surface area contributed by atoms with Gasteiger partial charge >= 0.3 is 0 Å². The van der Waals surface area contributed by atoms with Gasteiger partial charge in [-0.3, -0.25) is 14.4 Å². The molecule has 0 bridgehead atoms. The van der Waals surface area contributed by atoms with Crippen molar-refractivity contribution in [1.29, 1.82) is 10.5 Å². The van der Waals surface area contributed by atoms with Gasteiger partial charge in [-0.1, -0.05) is 17.7 Å². The largest absolute Gasteiger partial charge is 0.342 e. The number of carbonyl (C=O) groups excluding carboxylic acids is 3. The van der Waals surface area contributed by atoms with Crippen LogP contribution in [-0.4, -0.2) is 60.2 Å². The van der Waals surface area contributed by atoms with Crippen molar-refractivity contribution >= 4 is 23.4 Å². The minimum Gasteiger partial charge on any atom is -0.342 e. The van der Waals surface area contributed by atoms with Crippen LogP contribution in [0.25, 0.3) is 0 Å². The third kappa shape index (κ3) is 5.45. The van der Waals surface area contributed by atoms with Gasteiger partial charge in [0.15, 0.2) is 0 Å². The number of aryl methyl sites for hydroxylation is 1. The zero-order valence-electron chi connectivity index (χ0n) is 18.5. The first-order valence-corrected chi connectivity index (χ1v) is 11.1. The summed E-state index contributed by atoms with van der Waals surface area (Å²) < 4.78 is 0. The summed E-state index contributed by atoms with van der Waals surface area (Å²) in [6, 6.07) is 11.8. The van der Waals surface area contributed by atoms with Crippen molar-refractivity contribution in [1.82, 2.24) is 9.80 Å². The Morgan fingerprint density at radius 2 is 1.62 bits per heavy atom. The van der Waals surface area contributed by atoms with Gasteiger partial charge in [0.25, 0.3) is 0 Å². The molecule has 1 atom stereocenters. The number of rotatable bonds is 7. The van der Waals surface area contributed by atoms with Gasteiger partial charge in [0.05, 0.1) is 30.9 Å². The van der Waals surface area contributed by atoms with Gasteiger partial charge in [0.2, 0.25) is 17.7 Å². The van der Waals surface area contributed by atoms with Crippen molar-refractivity contribution in [2.45, 2.75) is 39.0 Å².